The third-order valence-electron chi connectivity index (χ3n) is 4.56. The van der Waals surface area contributed by atoms with Crippen LogP contribution in [0.4, 0.5) is 13.2 Å². The van der Waals surface area contributed by atoms with Gasteiger partial charge in [-0.15, -0.1) is 0 Å². The normalized spacial score (nSPS) is 12.6. The van der Waals surface area contributed by atoms with Crippen molar-refractivity contribution >= 4 is 44.6 Å². The number of sulfone groups is 1. The minimum absolute atomic E-state index is 0.136. The van der Waals surface area contributed by atoms with Crippen LogP contribution in [0.1, 0.15) is 18.3 Å². The van der Waals surface area contributed by atoms with Crippen molar-refractivity contribution in [2.45, 2.75) is 23.9 Å². The molecule has 0 saturated heterocycles. The summed E-state index contributed by atoms with van der Waals surface area (Å²) < 4.78 is 74.2. The van der Waals surface area contributed by atoms with Gasteiger partial charge < -0.3 is 14.0 Å². The highest BCUT2D eigenvalue weighted by Gasteiger charge is 2.47. The fraction of sp³-hybridized carbons (Fsp3) is 0.250. The fourth-order valence-corrected chi connectivity index (χ4v) is 4.17. The van der Waals surface area contributed by atoms with Gasteiger partial charge in [-0.2, -0.15) is 13.2 Å². The van der Waals surface area contributed by atoms with E-state index in [0.717, 1.165) is 12.1 Å². The Morgan fingerprint density at radius 2 is 1.84 bits per heavy atom. The van der Waals surface area contributed by atoms with Crippen molar-refractivity contribution in [1.82, 2.24) is 9.55 Å². The molecule has 6 nitrogen and oxygen atoms in total. The fourth-order valence-electron chi connectivity index (χ4n) is 3.09. The zero-order chi connectivity index (χ0) is 23.0. The van der Waals surface area contributed by atoms with Crippen LogP contribution in [0.15, 0.2) is 35.2 Å². The molecule has 3 aromatic rings. The average Bonchev–Trinajstić information content (AvgIpc) is 3.07. The Labute approximate surface area is 181 Å². The Hall–Kier alpha value is -2.72. The van der Waals surface area contributed by atoms with Gasteiger partial charge in [-0.1, -0.05) is 17.7 Å². The van der Waals surface area contributed by atoms with Gasteiger partial charge in [-0.25, -0.2) is 13.4 Å². The van der Waals surface area contributed by atoms with E-state index in [9.17, 15) is 21.6 Å². The highest BCUT2D eigenvalue weighted by atomic mass is 35.5. The molecule has 0 N–H and O–H groups in total. The zero-order valence-electron chi connectivity index (χ0n) is 16.7. The molecular weight excluding hydrogens is 457 g/mol. The molecule has 0 aliphatic carbocycles. The summed E-state index contributed by atoms with van der Waals surface area (Å²) in [5.74, 6) is 1.26. The molecule has 0 aliphatic heterocycles. The molecule has 0 atom stereocenters. The topological polar surface area (TPSA) is 70.4 Å². The van der Waals surface area contributed by atoms with Crippen molar-refractivity contribution in [2.24, 2.45) is 0 Å². The maximum atomic E-state index is 12.9. The molecule has 0 radical (unpaired) electrons. The van der Waals surface area contributed by atoms with Crippen LogP contribution in [0.3, 0.4) is 0 Å². The third-order valence-corrected chi connectivity index (χ3v) is 6.33. The summed E-state index contributed by atoms with van der Waals surface area (Å²) >= 11 is 6.21. The van der Waals surface area contributed by atoms with Crippen molar-refractivity contribution in [3.05, 3.63) is 46.7 Å². The van der Waals surface area contributed by atoms with Crippen molar-refractivity contribution in [1.29, 1.82) is 0 Å². The quantitative estimate of drug-likeness (QED) is 0.491. The second kappa shape index (κ2) is 8.43. The summed E-state index contributed by atoms with van der Waals surface area (Å²) in [7, 11) is -2.51. The number of methoxy groups -OCH3 is 2. The van der Waals surface area contributed by atoms with Crippen LogP contribution < -0.4 is 9.47 Å². The summed E-state index contributed by atoms with van der Waals surface area (Å²) in [6.45, 7) is 2.31. The first-order valence-corrected chi connectivity index (χ1v) is 10.8. The molecule has 0 aliphatic rings. The molecule has 0 saturated carbocycles. The lowest BCUT2D eigenvalue weighted by Gasteiger charge is -2.10. The number of fused-ring (bicyclic) bond motifs is 1. The second-order valence-corrected chi connectivity index (χ2v) is 8.73. The lowest BCUT2D eigenvalue weighted by atomic mass is 10.2. The number of hydrogen-bond donors (Lipinski definition) is 0. The number of aryl methyl sites for hydroxylation is 1. The summed E-state index contributed by atoms with van der Waals surface area (Å²) in [5, 5.41) is 0.340. The monoisotopic (exact) mass is 474 g/mol. The van der Waals surface area contributed by atoms with E-state index < -0.39 is 20.2 Å². The highest BCUT2D eigenvalue weighted by Crippen LogP contribution is 2.36. The number of alkyl halides is 3. The number of hydrogen-bond acceptors (Lipinski definition) is 5. The van der Waals surface area contributed by atoms with E-state index in [2.05, 4.69) is 4.98 Å². The summed E-state index contributed by atoms with van der Waals surface area (Å²) in [4.78, 5) is 3.46. The third kappa shape index (κ3) is 4.22. The Morgan fingerprint density at radius 3 is 2.42 bits per heavy atom. The van der Waals surface area contributed by atoms with Gasteiger partial charge in [0.1, 0.15) is 5.82 Å². The first-order chi connectivity index (χ1) is 14.5. The Kier molecular flexibility index (Phi) is 6.24. The maximum absolute atomic E-state index is 12.9. The van der Waals surface area contributed by atoms with E-state index in [4.69, 9.17) is 21.1 Å². The Morgan fingerprint density at radius 1 is 1.13 bits per heavy atom. The highest BCUT2D eigenvalue weighted by molar-refractivity contribution is 7.92. The SMILES string of the molecule is CCn1c(/C=C/c2cc(Cl)c(OC)c(OC)c2)nc2cc(S(=O)(=O)C(F)(F)F)ccc21. The maximum Gasteiger partial charge on any atom is 0.501 e. The standard InChI is InChI=1S/C20H18ClF3N2O4S/c1-4-26-16-7-6-13(31(27,28)20(22,23)24)11-15(16)25-18(26)8-5-12-9-14(21)19(30-3)17(10-12)29-2/h5-11H,4H2,1-3H3/b8-5+. The van der Waals surface area contributed by atoms with Crippen LogP contribution in [0.25, 0.3) is 23.2 Å². The first-order valence-electron chi connectivity index (χ1n) is 8.94. The van der Waals surface area contributed by atoms with Gasteiger partial charge >= 0.3 is 5.51 Å². The Bertz CT molecular complexity index is 1270. The molecule has 2 aromatic carbocycles. The van der Waals surface area contributed by atoms with Gasteiger partial charge in [-0.05, 0) is 48.9 Å². The molecule has 1 aromatic heterocycles. The number of aromatic nitrogens is 2. The zero-order valence-corrected chi connectivity index (χ0v) is 18.3. The number of halogens is 4. The van der Waals surface area contributed by atoms with Crippen molar-refractivity contribution < 1.29 is 31.1 Å². The van der Waals surface area contributed by atoms with Crippen molar-refractivity contribution in [3.8, 4) is 11.5 Å². The number of benzene rings is 2. The molecule has 1 heterocycles. The minimum atomic E-state index is -5.46. The molecule has 0 spiro atoms. The average molecular weight is 475 g/mol. The Balaban J connectivity index is 2.06. The van der Waals surface area contributed by atoms with E-state index in [0.29, 0.717) is 40.0 Å². The van der Waals surface area contributed by atoms with E-state index in [1.54, 1.807) is 28.9 Å². The lowest BCUT2D eigenvalue weighted by Crippen LogP contribution is -2.23. The molecule has 3 rings (SSSR count). The first kappa shape index (κ1) is 23.0. The van der Waals surface area contributed by atoms with E-state index in [-0.39, 0.29) is 5.52 Å². The van der Waals surface area contributed by atoms with E-state index >= 15 is 0 Å². The number of ether oxygens (including phenoxy) is 2. The van der Waals surface area contributed by atoms with Crippen LogP contribution in [0.5, 0.6) is 11.5 Å². The van der Waals surface area contributed by atoms with Gasteiger partial charge in [-0.3, -0.25) is 0 Å². The molecule has 0 amide bonds. The summed E-state index contributed by atoms with van der Waals surface area (Å²) in [6, 6.07) is 6.53. The smallest absolute Gasteiger partial charge is 0.493 e. The molecule has 11 heteroatoms. The number of nitrogens with zero attached hydrogens (tertiary/aromatic N) is 2. The molecule has 31 heavy (non-hydrogen) atoms. The largest absolute Gasteiger partial charge is 0.501 e. The van der Waals surface area contributed by atoms with Crippen LogP contribution in [0, 0.1) is 0 Å². The minimum Gasteiger partial charge on any atom is -0.493 e. The summed E-state index contributed by atoms with van der Waals surface area (Å²) in [5.41, 5.74) is -4.06. The van der Waals surface area contributed by atoms with Crippen LogP contribution in [-0.2, 0) is 16.4 Å². The van der Waals surface area contributed by atoms with E-state index in [1.165, 1.54) is 20.3 Å². The van der Waals surface area contributed by atoms with E-state index in [1.807, 2.05) is 6.92 Å². The molecule has 166 valence electrons. The van der Waals surface area contributed by atoms with Gasteiger partial charge in [0.15, 0.2) is 11.5 Å². The van der Waals surface area contributed by atoms with Crippen molar-refractivity contribution in [3.63, 3.8) is 0 Å². The number of imidazole rings is 1. The second-order valence-electron chi connectivity index (χ2n) is 6.39. The van der Waals surface area contributed by atoms with Gasteiger partial charge in [0.2, 0.25) is 0 Å². The van der Waals surface area contributed by atoms with Gasteiger partial charge in [0, 0.05) is 6.54 Å². The van der Waals surface area contributed by atoms with Crippen LogP contribution >= 0.6 is 11.6 Å². The van der Waals surface area contributed by atoms with Crippen LogP contribution in [0.2, 0.25) is 5.02 Å². The molecule has 0 fully saturated rings. The van der Waals surface area contributed by atoms with Gasteiger partial charge in [0.25, 0.3) is 9.84 Å². The molecule has 0 unspecified atom stereocenters. The van der Waals surface area contributed by atoms with Crippen LogP contribution in [-0.4, -0.2) is 37.7 Å². The summed E-state index contributed by atoms with van der Waals surface area (Å²) in [6.07, 6.45) is 3.35. The molecule has 0 bridgehead atoms. The van der Waals surface area contributed by atoms with Gasteiger partial charge in [0.05, 0.1) is 35.2 Å². The molecular formula is C20H18ClF3N2O4S. The predicted molar refractivity (Wildman–Crippen MR) is 112 cm³/mol. The lowest BCUT2D eigenvalue weighted by molar-refractivity contribution is -0.0435. The predicted octanol–water partition coefficient (Wildman–Crippen LogP) is 5.19. The van der Waals surface area contributed by atoms with Crippen molar-refractivity contribution in [2.75, 3.05) is 14.2 Å². The number of rotatable bonds is 6.